The number of carbonyl (C=O) groups is 1. The van der Waals surface area contributed by atoms with Crippen LogP contribution >= 0.6 is 0 Å². The van der Waals surface area contributed by atoms with Crippen molar-refractivity contribution in [1.29, 1.82) is 0 Å². The molecule has 5 nitrogen and oxygen atoms in total. The molecule has 5 heteroatoms. The van der Waals surface area contributed by atoms with Gasteiger partial charge in [-0.15, -0.1) is 0 Å². The van der Waals surface area contributed by atoms with Crippen molar-refractivity contribution in [2.75, 3.05) is 14.2 Å². The third-order valence-corrected chi connectivity index (χ3v) is 6.44. The predicted octanol–water partition coefficient (Wildman–Crippen LogP) is 6.03. The van der Waals surface area contributed by atoms with E-state index in [0.29, 0.717) is 12.8 Å². The zero-order valence-corrected chi connectivity index (χ0v) is 21.3. The van der Waals surface area contributed by atoms with Crippen LogP contribution in [0.2, 0.25) is 0 Å². The summed E-state index contributed by atoms with van der Waals surface area (Å²) >= 11 is 0. The molecule has 0 fully saturated rings. The fourth-order valence-corrected chi connectivity index (χ4v) is 4.53. The Morgan fingerprint density at radius 2 is 1.03 bits per heavy atom. The lowest BCUT2D eigenvalue weighted by Crippen LogP contribution is -2.25. The summed E-state index contributed by atoms with van der Waals surface area (Å²) in [6.45, 7) is 3.94. The zero-order valence-electron chi connectivity index (χ0n) is 21.3. The molecular formula is C31H32N2O3. The van der Waals surface area contributed by atoms with E-state index < -0.39 is 0 Å². The van der Waals surface area contributed by atoms with E-state index in [1.165, 1.54) is 0 Å². The van der Waals surface area contributed by atoms with Crippen molar-refractivity contribution in [2.24, 2.45) is 0 Å². The number of nitrogens with zero attached hydrogens (tertiary/aromatic N) is 2. The number of benzene rings is 2. The molecule has 0 saturated carbocycles. The monoisotopic (exact) mass is 480 g/mol. The van der Waals surface area contributed by atoms with E-state index in [4.69, 9.17) is 19.4 Å². The van der Waals surface area contributed by atoms with Crippen LogP contribution in [0.4, 0.5) is 0 Å². The van der Waals surface area contributed by atoms with Crippen molar-refractivity contribution in [3.63, 3.8) is 0 Å². The first-order valence-corrected chi connectivity index (χ1v) is 12.1. The highest BCUT2D eigenvalue weighted by atomic mass is 16.5. The van der Waals surface area contributed by atoms with Crippen molar-refractivity contribution >= 4 is 5.78 Å². The highest BCUT2D eigenvalue weighted by molar-refractivity contribution is 5.92. The first-order chi connectivity index (χ1) is 17.5. The molecule has 0 saturated heterocycles. The topological polar surface area (TPSA) is 61.3 Å². The number of aromatic nitrogens is 2. The molecule has 2 unspecified atom stereocenters. The highest BCUT2D eigenvalue weighted by Crippen LogP contribution is 2.33. The van der Waals surface area contributed by atoms with Crippen LogP contribution in [0.15, 0.2) is 84.9 Å². The number of ether oxygens (including phenoxy) is 2. The van der Waals surface area contributed by atoms with Gasteiger partial charge in [0, 0.05) is 47.5 Å². The molecule has 2 atom stereocenters. The number of pyridine rings is 2. The molecule has 0 amide bonds. The molecule has 36 heavy (non-hydrogen) atoms. The number of hydrogen-bond donors (Lipinski definition) is 0. The number of ketones is 1. The van der Waals surface area contributed by atoms with Crippen LogP contribution < -0.4 is 9.47 Å². The molecule has 0 aliphatic heterocycles. The van der Waals surface area contributed by atoms with Gasteiger partial charge in [0.05, 0.1) is 14.2 Å². The largest absolute Gasteiger partial charge is 0.497 e. The molecule has 2 aromatic heterocycles. The number of hydrogen-bond acceptors (Lipinski definition) is 5. The molecule has 184 valence electrons. The molecule has 4 aromatic rings. The van der Waals surface area contributed by atoms with Crippen molar-refractivity contribution in [3.05, 3.63) is 119 Å². The molecule has 2 heterocycles. The van der Waals surface area contributed by atoms with Gasteiger partial charge in [-0.2, -0.15) is 0 Å². The minimum Gasteiger partial charge on any atom is -0.497 e. The van der Waals surface area contributed by atoms with Gasteiger partial charge >= 0.3 is 0 Å². The van der Waals surface area contributed by atoms with Gasteiger partial charge in [-0.05, 0) is 73.5 Å². The van der Waals surface area contributed by atoms with Crippen LogP contribution in [-0.2, 0) is 17.6 Å². The normalized spacial score (nSPS) is 12.6. The van der Waals surface area contributed by atoms with Gasteiger partial charge in [0.1, 0.15) is 17.3 Å². The minimum absolute atomic E-state index is 0.136. The highest BCUT2D eigenvalue weighted by Gasteiger charge is 2.31. The fourth-order valence-electron chi connectivity index (χ4n) is 4.53. The summed E-state index contributed by atoms with van der Waals surface area (Å²) in [5, 5.41) is 0. The van der Waals surface area contributed by atoms with E-state index in [2.05, 4.69) is 0 Å². The van der Waals surface area contributed by atoms with Gasteiger partial charge in [0.25, 0.3) is 0 Å². The lowest BCUT2D eigenvalue weighted by molar-refractivity contribution is -0.122. The smallest absolute Gasteiger partial charge is 0.148 e. The average Bonchev–Trinajstić information content (AvgIpc) is 2.90. The Hall–Kier alpha value is -3.99. The molecule has 0 bridgehead atoms. The van der Waals surface area contributed by atoms with E-state index in [0.717, 1.165) is 45.4 Å². The number of aryl methyl sites for hydroxylation is 2. The van der Waals surface area contributed by atoms with Crippen LogP contribution in [0.25, 0.3) is 0 Å². The molecule has 0 N–H and O–H groups in total. The van der Waals surface area contributed by atoms with Crippen molar-refractivity contribution in [2.45, 2.75) is 38.5 Å². The second-order valence-electron chi connectivity index (χ2n) is 9.00. The Bertz CT molecular complexity index is 1200. The third kappa shape index (κ3) is 6.16. The number of methoxy groups -OCH3 is 2. The molecular weight excluding hydrogens is 448 g/mol. The molecule has 4 rings (SSSR count). The number of carbonyl (C=O) groups excluding carboxylic acids is 1. The Balaban J connectivity index is 1.76. The summed E-state index contributed by atoms with van der Waals surface area (Å²) in [5.74, 6) is 0.907. The summed E-state index contributed by atoms with van der Waals surface area (Å²) in [6.07, 6.45) is 1.03. The molecule has 0 radical (unpaired) electrons. The van der Waals surface area contributed by atoms with Crippen LogP contribution in [0.1, 0.15) is 45.7 Å². The van der Waals surface area contributed by atoms with Gasteiger partial charge in [0.15, 0.2) is 0 Å². The van der Waals surface area contributed by atoms with Crippen molar-refractivity contribution in [1.82, 2.24) is 9.97 Å². The summed E-state index contributed by atoms with van der Waals surface area (Å²) in [6, 6.07) is 27.4. The third-order valence-electron chi connectivity index (χ3n) is 6.44. The SMILES string of the molecule is COc1ccc(C(Cc2cccc(C)n2)C(=O)C(Cc2cccc(C)n2)c2ccc(OC)cc2)cc1. The van der Waals surface area contributed by atoms with E-state index in [1.54, 1.807) is 14.2 Å². The van der Waals surface area contributed by atoms with Gasteiger partial charge in [-0.25, -0.2) is 0 Å². The fraction of sp³-hybridized carbons (Fsp3) is 0.258. The van der Waals surface area contributed by atoms with Gasteiger partial charge in [-0.1, -0.05) is 36.4 Å². The van der Waals surface area contributed by atoms with Gasteiger partial charge in [0.2, 0.25) is 0 Å². The predicted molar refractivity (Wildman–Crippen MR) is 142 cm³/mol. The van der Waals surface area contributed by atoms with Crippen LogP contribution in [0.5, 0.6) is 11.5 Å². The van der Waals surface area contributed by atoms with Gasteiger partial charge < -0.3 is 9.47 Å². The maximum atomic E-state index is 14.4. The maximum Gasteiger partial charge on any atom is 0.148 e. The molecule has 0 aliphatic carbocycles. The second kappa shape index (κ2) is 11.6. The van der Waals surface area contributed by atoms with Crippen molar-refractivity contribution in [3.8, 4) is 11.5 Å². The maximum absolute atomic E-state index is 14.4. The summed E-state index contributed by atoms with van der Waals surface area (Å²) < 4.78 is 10.7. The quantitative estimate of drug-likeness (QED) is 0.277. The minimum atomic E-state index is -0.373. The van der Waals surface area contributed by atoms with E-state index >= 15 is 0 Å². The first kappa shape index (κ1) is 25.1. The number of rotatable bonds is 10. The van der Waals surface area contributed by atoms with Crippen molar-refractivity contribution < 1.29 is 14.3 Å². The zero-order chi connectivity index (χ0) is 25.5. The first-order valence-electron chi connectivity index (χ1n) is 12.1. The summed E-state index contributed by atoms with van der Waals surface area (Å²) in [4.78, 5) is 23.8. The number of Topliss-reactive ketones (excluding diaryl/α,β-unsaturated/α-hetero) is 1. The van der Waals surface area contributed by atoms with E-state index in [9.17, 15) is 4.79 Å². The molecule has 0 spiro atoms. The lowest BCUT2D eigenvalue weighted by atomic mass is 9.79. The molecule has 2 aromatic carbocycles. The Morgan fingerprint density at radius 3 is 1.36 bits per heavy atom. The van der Waals surface area contributed by atoms with Gasteiger partial charge in [-0.3, -0.25) is 14.8 Å². The van der Waals surface area contributed by atoms with Crippen LogP contribution in [0, 0.1) is 13.8 Å². The Labute approximate surface area is 213 Å². The average molecular weight is 481 g/mol. The van der Waals surface area contributed by atoms with E-state index in [-0.39, 0.29) is 17.6 Å². The van der Waals surface area contributed by atoms with E-state index in [1.807, 2.05) is 98.8 Å². The Kier molecular flexibility index (Phi) is 8.11. The summed E-state index contributed by atoms with van der Waals surface area (Å²) in [5.41, 5.74) is 5.55. The Morgan fingerprint density at radius 1 is 0.639 bits per heavy atom. The lowest BCUT2D eigenvalue weighted by Gasteiger charge is -2.24. The summed E-state index contributed by atoms with van der Waals surface area (Å²) in [7, 11) is 3.28. The standard InChI is InChI=1S/C31H32N2O3/c1-21-7-5-9-25(32-21)19-29(23-11-15-27(35-3)16-12-23)31(34)30(20-26-10-6-8-22(2)33-26)24-13-17-28(36-4)18-14-24/h5-18,29-30H,19-20H2,1-4H3. The second-order valence-corrected chi connectivity index (χ2v) is 9.00. The molecule has 0 aliphatic rings. The van der Waals surface area contributed by atoms with Crippen LogP contribution in [0.3, 0.4) is 0 Å². The van der Waals surface area contributed by atoms with Crippen LogP contribution in [-0.4, -0.2) is 30.0 Å².